The number of nitro groups is 1. The van der Waals surface area contributed by atoms with Crippen molar-refractivity contribution < 1.29 is 14.4 Å². The molecule has 0 fully saturated rings. The summed E-state index contributed by atoms with van der Waals surface area (Å²) in [5, 5.41) is 11.4. The molecular weight excluding hydrogens is 284 g/mol. The largest absolute Gasteiger partial charge is 0.496 e. The van der Waals surface area contributed by atoms with Crippen molar-refractivity contribution in [1.82, 2.24) is 0 Å². The Labute approximate surface area is 129 Å². The third-order valence-corrected chi connectivity index (χ3v) is 3.39. The van der Waals surface area contributed by atoms with E-state index in [2.05, 4.69) is 0 Å². The lowest BCUT2D eigenvalue weighted by Crippen LogP contribution is -2.18. The van der Waals surface area contributed by atoms with Crippen LogP contribution < -0.4 is 14.4 Å². The lowest BCUT2D eigenvalue weighted by Gasteiger charge is -2.21. The van der Waals surface area contributed by atoms with Crippen LogP contribution in [0.1, 0.15) is 5.56 Å². The Morgan fingerprint density at radius 1 is 1.05 bits per heavy atom. The molecule has 0 unspecified atom stereocenters. The van der Waals surface area contributed by atoms with Crippen LogP contribution in [0.15, 0.2) is 42.5 Å². The van der Waals surface area contributed by atoms with Crippen molar-refractivity contribution in [3.63, 3.8) is 0 Å². The first-order valence-electron chi connectivity index (χ1n) is 6.73. The van der Waals surface area contributed by atoms with Gasteiger partial charge in [-0.1, -0.05) is 24.3 Å². The number of hydrogen-bond donors (Lipinski definition) is 0. The van der Waals surface area contributed by atoms with E-state index in [1.54, 1.807) is 37.3 Å². The van der Waals surface area contributed by atoms with Crippen molar-refractivity contribution >= 4 is 11.4 Å². The van der Waals surface area contributed by atoms with Crippen LogP contribution in [0.25, 0.3) is 0 Å². The Morgan fingerprint density at radius 2 is 1.68 bits per heavy atom. The van der Waals surface area contributed by atoms with Crippen molar-refractivity contribution in [2.45, 2.75) is 6.54 Å². The highest BCUT2D eigenvalue weighted by atomic mass is 16.6. The van der Waals surface area contributed by atoms with Crippen LogP contribution in [0.3, 0.4) is 0 Å². The van der Waals surface area contributed by atoms with Crippen molar-refractivity contribution in [3.8, 4) is 11.5 Å². The molecule has 0 bridgehead atoms. The first kappa shape index (κ1) is 15.6. The lowest BCUT2D eigenvalue weighted by atomic mass is 10.1. The number of nitro benzene ring substituents is 1. The number of ether oxygens (including phenoxy) is 2. The number of anilines is 1. The van der Waals surface area contributed by atoms with E-state index in [0.717, 1.165) is 11.3 Å². The lowest BCUT2D eigenvalue weighted by molar-refractivity contribution is -0.385. The first-order chi connectivity index (χ1) is 10.6. The van der Waals surface area contributed by atoms with Crippen molar-refractivity contribution in [3.05, 3.63) is 58.1 Å². The molecule has 6 nitrogen and oxygen atoms in total. The summed E-state index contributed by atoms with van der Waals surface area (Å²) in [7, 11) is 4.83. The summed E-state index contributed by atoms with van der Waals surface area (Å²) in [6.45, 7) is 0.484. The van der Waals surface area contributed by atoms with E-state index in [1.165, 1.54) is 7.11 Å². The predicted molar refractivity (Wildman–Crippen MR) is 84.7 cm³/mol. The number of hydrogen-bond acceptors (Lipinski definition) is 5. The molecule has 2 aromatic rings. The molecule has 0 atom stereocenters. The molecule has 6 heteroatoms. The SMILES string of the molecule is COc1ccccc1CN(C)c1cccc(OC)c1[N+](=O)[O-]. The Morgan fingerprint density at radius 3 is 2.32 bits per heavy atom. The van der Waals surface area contributed by atoms with Crippen LogP contribution in [0.4, 0.5) is 11.4 Å². The summed E-state index contributed by atoms with van der Waals surface area (Å²) < 4.78 is 10.4. The molecule has 2 rings (SSSR count). The number of benzene rings is 2. The van der Waals surface area contributed by atoms with Crippen molar-refractivity contribution in [2.24, 2.45) is 0 Å². The first-order valence-corrected chi connectivity index (χ1v) is 6.73. The average molecular weight is 302 g/mol. The van der Waals surface area contributed by atoms with Crippen LogP contribution in [0.5, 0.6) is 11.5 Å². The zero-order valence-electron chi connectivity index (χ0n) is 12.8. The maximum absolute atomic E-state index is 11.4. The van der Waals surface area contributed by atoms with Gasteiger partial charge in [0.25, 0.3) is 0 Å². The quantitative estimate of drug-likeness (QED) is 0.605. The molecular formula is C16H18N2O4. The third kappa shape index (κ3) is 3.11. The van der Waals surface area contributed by atoms with E-state index in [-0.39, 0.29) is 11.4 Å². The van der Waals surface area contributed by atoms with E-state index < -0.39 is 4.92 Å². The van der Waals surface area contributed by atoms with Gasteiger partial charge >= 0.3 is 5.69 Å². The molecule has 2 aromatic carbocycles. The molecule has 0 saturated heterocycles. The minimum atomic E-state index is -0.424. The van der Waals surface area contributed by atoms with E-state index in [1.807, 2.05) is 24.3 Å². The average Bonchev–Trinajstić information content (AvgIpc) is 2.54. The van der Waals surface area contributed by atoms with Crippen LogP contribution in [-0.2, 0) is 6.54 Å². The van der Waals surface area contributed by atoms with Gasteiger partial charge < -0.3 is 14.4 Å². The maximum atomic E-state index is 11.4. The van der Waals surface area contributed by atoms with Gasteiger partial charge in [0.05, 0.1) is 19.1 Å². The van der Waals surface area contributed by atoms with Gasteiger partial charge in [-0.15, -0.1) is 0 Å². The van der Waals surface area contributed by atoms with Gasteiger partial charge in [0.1, 0.15) is 11.4 Å². The number of nitrogens with zero attached hydrogens (tertiary/aromatic N) is 2. The fraction of sp³-hybridized carbons (Fsp3) is 0.250. The molecule has 0 heterocycles. The molecule has 0 aromatic heterocycles. The van der Waals surface area contributed by atoms with E-state index in [0.29, 0.717) is 12.2 Å². The highest BCUT2D eigenvalue weighted by Crippen LogP contribution is 2.37. The Kier molecular flexibility index (Phi) is 4.83. The second-order valence-electron chi connectivity index (χ2n) is 4.75. The minimum absolute atomic E-state index is 0.0394. The summed E-state index contributed by atoms with van der Waals surface area (Å²) in [5.74, 6) is 0.995. The molecule has 0 aliphatic carbocycles. The molecule has 0 spiro atoms. The van der Waals surface area contributed by atoms with E-state index in [4.69, 9.17) is 9.47 Å². The zero-order chi connectivity index (χ0) is 16.1. The minimum Gasteiger partial charge on any atom is -0.496 e. The van der Waals surface area contributed by atoms with Gasteiger partial charge in [0, 0.05) is 19.2 Å². The molecule has 0 saturated carbocycles. The molecule has 0 amide bonds. The van der Waals surface area contributed by atoms with Crippen molar-refractivity contribution in [1.29, 1.82) is 0 Å². The number of rotatable bonds is 6. The summed E-state index contributed by atoms with van der Waals surface area (Å²) in [4.78, 5) is 12.7. The monoisotopic (exact) mass is 302 g/mol. The summed E-state index contributed by atoms with van der Waals surface area (Å²) >= 11 is 0. The number of para-hydroxylation sites is 2. The maximum Gasteiger partial charge on any atom is 0.333 e. The second kappa shape index (κ2) is 6.80. The van der Waals surface area contributed by atoms with Crippen LogP contribution >= 0.6 is 0 Å². The van der Waals surface area contributed by atoms with E-state index >= 15 is 0 Å². The highest BCUT2D eigenvalue weighted by molar-refractivity contribution is 5.69. The van der Waals surface area contributed by atoms with Gasteiger partial charge in [0.15, 0.2) is 5.75 Å². The highest BCUT2D eigenvalue weighted by Gasteiger charge is 2.23. The van der Waals surface area contributed by atoms with Crippen LogP contribution in [-0.4, -0.2) is 26.2 Å². The van der Waals surface area contributed by atoms with Crippen LogP contribution in [0.2, 0.25) is 0 Å². The summed E-state index contributed by atoms with van der Waals surface area (Å²) in [5.41, 5.74) is 1.40. The van der Waals surface area contributed by atoms with Gasteiger partial charge in [-0.05, 0) is 18.2 Å². The zero-order valence-corrected chi connectivity index (χ0v) is 12.8. The standard InChI is InChI=1S/C16H18N2O4/c1-17(11-12-7-4-5-9-14(12)21-2)13-8-6-10-15(22-3)16(13)18(19)20/h4-10H,11H2,1-3H3. The van der Waals surface area contributed by atoms with E-state index in [9.17, 15) is 10.1 Å². The molecule has 0 aliphatic heterocycles. The predicted octanol–water partition coefficient (Wildman–Crippen LogP) is 3.25. The molecule has 0 N–H and O–H groups in total. The molecule has 116 valence electrons. The third-order valence-electron chi connectivity index (χ3n) is 3.39. The smallest absolute Gasteiger partial charge is 0.333 e. The fourth-order valence-corrected chi connectivity index (χ4v) is 2.34. The summed E-state index contributed by atoms with van der Waals surface area (Å²) in [6.07, 6.45) is 0. The summed E-state index contributed by atoms with van der Waals surface area (Å²) in [6, 6.07) is 12.6. The number of methoxy groups -OCH3 is 2. The van der Waals surface area contributed by atoms with Crippen LogP contribution in [0, 0.1) is 10.1 Å². The molecule has 22 heavy (non-hydrogen) atoms. The van der Waals surface area contributed by atoms with Gasteiger partial charge in [-0.25, -0.2) is 0 Å². The Hall–Kier alpha value is -2.76. The van der Waals surface area contributed by atoms with Gasteiger partial charge in [-0.3, -0.25) is 10.1 Å². The normalized spacial score (nSPS) is 10.1. The Balaban J connectivity index is 2.37. The molecule has 0 radical (unpaired) electrons. The fourth-order valence-electron chi connectivity index (χ4n) is 2.34. The second-order valence-corrected chi connectivity index (χ2v) is 4.75. The Bertz CT molecular complexity index is 673. The van der Waals surface area contributed by atoms with Gasteiger partial charge in [0.2, 0.25) is 0 Å². The topological polar surface area (TPSA) is 64.8 Å². The van der Waals surface area contributed by atoms with Gasteiger partial charge in [-0.2, -0.15) is 0 Å². The van der Waals surface area contributed by atoms with Crippen molar-refractivity contribution in [2.75, 3.05) is 26.2 Å². The molecule has 0 aliphatic rings.